The highest BCUT2D eigenvalue weighted by Gasteiger charge is 2.21. The second-order valence-electron chi connectivity index (χ2n) is 4.10. The molecule has 0 unspecified atom stereocenters. The van der Waals surface area contributed by atoms with Crippen molar-refractivity contribution in [1.82, 2.24) is 4.98 Å². The topological polar surface area (TPSA) is 56.3 Å². The predicted octanol–water partition coefficient (Wildman–Crippen LogP) is 3.49. The van der Waals surface area contributed by atoms with Gasteiger partial charge in [0.15, 0.2) is 11.5 Å². The van der Waals surface area contributed by atoms with Crippen LogP contribution in [0.1, 0.15) is 37.7 Å². The molecule has 0 saturated heterocycles. The van der Waals surface area contributed by atoms with Gasteiger partial charge in [-0.05, 0) is 11.6 Å². The van der Waals surface area contributed by atoms with Crippen molar-refractivity contribution in [3.8, 4) is 0 Å². The van der Waals surface area contributed by atoms with E-state index in [2.05, 4.69) is 25.7 Å². The number of benzene rings is 1. The summed E-state index contributed by atoms with van der Waals surface area (Å²) in [5.74, 6) is -0.758. The molecule has 1 aromatic heterocycles. The number of halogens is 1. The predicted molar refractivity (Wildman–Crippen MR) is 80.4 cm³/mol. The molecule has 0 aliphatic heterocycles. The highest BCUT2D eigenvalue weighted by molar-refractivity contribution is 9.10. The average molecular weight is 354 g/mol. The Hall–Kier alpha value is -1.53. The number of thiazole rings is 1. The van der Waals surface area contributed by atoms with Gasteiger partial charge in [0.1, 0.15) is 4.88 Å². The Bertz CT molecular complexity index is 666. The van der Waals surface area contributed by atoms with Gasteiger partial charge in [0, 0.05) is 17.8 Å². The van der Waals surface area contributed by atoms with E-state index >= 15 is 0 Å². The molecule has 0 spiro atoms. The molecule has 0 atom stereocenters. The van der Waals surface area contributed by atoms with Crippen LogP contribution in [0.4, 0.5) is 0 Å². The molecule has 1 aromatic carbocycles. The van der Waals surface area contributed by atoms with Gasteiger partial charge in [-0.2, -0.15) is 0 Å². The van der Waals surface area contributed by atoms with Crippen LogP contribution in [0.15, 0.2) is 28.7 Å². The zero-order valence-corrected chi connectivity index (χ0v) is 13.4. The lowest BCUT2D eigenvalue weighted by molar-refractivity contribution is 0.0591. The second-order valence-corrected chi connectivity index (χ2v) is 6.04. The Morgan fingerprint density at radius 2 is 2.05 bits per heavy atom. The van der Waals surface area contributed by atoms with Crippen LogP contribution in [0.25, 0.3) is 0 Å². The summed E-state index contributed by atoms with van der Waals surface area (Å²) in [6, 6.07) is 7.77. The van der Waals surface area contributed by atoms with E-state index in [0.29, 0.717) is 16.3 Å². The molecule has 20 heavy (non-hydrogen) atoms. The third-order valence-corrected chi connectivity index (χ3v) is 4.60. The van der Waals surface area contributed by atoms with E-state index in [1.807, 2.05) is 24.3 Å². The minimum atomic E-state index is -0.579. The molecule has 4 nitrogen and oxygen atoms in total. The van der Waals surface area contributed by atoms with E-state index in [1.54, 1.807) is 0 Å². The summed E-state index contributed by atoms with van der Waals surface area (Å²) in [5.41, 5.74) is 1.15. The number of methoxy groups -OCH3 is 1. The van der Waals surface area contributed by atoms with Crippen LogP contribution in [0.2, 0.25) is 0 Å². The Morgan fingerprint density at radius 3 is 2.65 bits per heavy atom. The van der Waals surface area contributed by atoms with Gasteiger partial charge in [-0.15, -0.1) is 11.3 Å². The molecule has 0 saturated carbocycles. The van der Waals surface area contributed by atoms with Crippen molar-refractivity contribution in [2.75, 3.05) is 7.11 Å². The van der Waals surface area contributed by atoms with Crippen LogP contribution in [0.5, 0.6) is 0 Å². The standard InChI is InChI=1S/C14H12BrNO3S/c1-8(17)13-12(14(18)19-2)16-11(20-13)7-9-5-3-4-6-10(9)15/h3-6H,7H2,1-2H3. The minimum Gasteiger partial charge on any atom is -0.464 e. The zero-order valence-electron chi connectivity index (χ0n) is 11.0. The Morgan fingerprint density at radius 1 is 1.35 bits per heavy atom. The van der Waals surface area contributed by atoms with Crippen LogP contribution in [-0.2, 0) is 11.2 Å². The highest BCUT2D eigenvalue weighted by Crippen LogP contribution is 2.25. The van der Waals surface area contributed by atoms with Gasteiger partial charge in [-0.1, -0.05) is 34.1 Å². The maximum atomic E-state index is 11.6. The Kier molecular flexibility index (Phi) is 4.67. The van der Waals surface area contributed by atoms with Crippen molar-refractivity contribution >= 4 is 39.0 Å². The van der Waals surface area contributed by atoms with Gasteiger partial charge in [0.25, 0.3) is 0 Å². The van der Waals surface area contributed by atoms with Gasteiger partial charge in [0.05, 0.1) is 12.1 Å². The van der Waals surface area contributed by atoms with E-state index in [4.69, 9.17) is 0 Å². The summed E-state index contributed by atoms with van der Waals surface area (Å²) < 4.78 is 5.63. The number of ether oxygens (including phenoxy) is 1. The number of aromatic nitrogens is 1. The average Bonchev–Trinajstić information content (AvgIpc) is 2.85. The molecule has 6 heteroatoms. The monoisotopic (exact) mass is 353 g/mol. The fourth-order valence-electron chi connectivity index (χ4n) is 1.72. The molecule has 2 rings (SSSR count). The van der Waals surface area contributed by atoms with E-state index in [9.17, 15) is 9.59 Å². The number of ketones is 1. The Balaban J connectivity index is 2.37. The van der Waals surface area contributed by atoms with E-state index < -0.39 is 5.97 Å². The number of nitrogens with zero attached hydrogens (tertiary/aromatic N) is 1. The fourth-order valence-corrected chi connectivity index (χ4v) is 3.11. The Labute approximate surface area is 128 Å². The van der Waals surface area contributed by atoms with Gasteiger partial charge in [-0.3, -0.25) is 4.79 Å². The lowest BCUT2D eigenvalue weighted by Gasteiger charge is -2.00. The van der Waals surface area contributed by atoms with Gasteiger partial charge in [0.2, 0.25) is 0 Å². The maximum Gasteiger partial charge on any atom is 0.358 e. The zero-order chi connectivity index (χ0) is 14.7. The molecular weight excluding hydrogens is 342 g/mol. The molecule has 0 radical (unpaired) electrons. The van der Waals surface area contributed by atoms with Crippen LogP contribution >= 0.6 is 27.3 Å². The molecule has 0 N–H and O–H groups in total. The number of Topliss-reactive ketones (excluding diaryl/α,β-unsaturated/α-hetero) is 1. The van der Waals surface area contributed by atoms with Crippen molar-refractivity contribution in [3.05, 3.63) is 49.9 Å². The summed E-state index contributed by atoms with van der Waals surface area (Å²) >= 11 is 4.70. The smallest absolute Gasteiger partial charge is 0.358 e. The molecule has 0 bridgehead atoms. The van der Waals surface area contributed by atoms with Gasteiger partial charge in [-0.25, -0.2) is 9.78 Å². The van der Waals surface area contributed by atoms with Crippen LogP contribution in [-0.4, -0.2) is 23.8 Å². The van der Waals surface area contributed by atoms with Crippen molar-refractivity contribution in [2.45, 2.75) is 13.3 Å². The third-order valence-electron chi connectivity index (χ3n) is 2.67. The maximum absolute atomic E-state index is 11.6. The number of esters is 1. The van der Waals surface area contributed by atoms with Gasteiger partial charge < -0.3 is 4.74 Å². The van der Waals surface area contributed by atoms with Gasteiger partial charge >= 0.3 is 5.97 Å². The van der Waals surface area contributed by atoms with Crippen LogP contribution < -0.4 is 0 Å². The van der Waals surface area contributed by atoms with E-state index in [-0.39, 0.29) is 11.5 Å². The quantitative estimate of drug-likeness (QED) is 0.623. The molecule has 1 heterocycles. The number of carbonyl (C=O) groups excluding carboxylic acids is 2. The first-order chi connectivity index (χ1) is 9.52. The number of hydrogen-bond acceptors (Lipinski definition) is 5. The molecule has 0 amide bonds. The number of hydrogen-bond donors (Lipinski definition) is 0. The summed E-state index contributed by atoms with van der Waals surface area (Å²) in [6.45, 7) is 1.42. The molecule has 0 fully saturated rings. The molecule has 0 aliphatic carbocycles. The first kappa shape index (κ1) is 14.9. The van der Waals surface area contributed by atoms with E-state index in [1.165, 1.54) is 25.4 Å². The normalized spacial score (nSPS) is 10.3. The lowest BCUT2D eigenvalue weighted by Crippen LogP contribution is -2.07. The highest BCUT2D eigenvalue weighted by atomic mass is 79.9. The van der Waals surface area contributed by atoms with E-state index in [0.717, 1.165) is 10.0 Å². The molecule has 0 aliphatic rings. The summed E-state index contributed by atoms with van der Waals surface area (Å²) in [7, 11) is 1.28. The first-order valence-corrected chi connectivity index (χ1v) is 7.46. The third kappa shape index (κ3) is 3.13. The minimum absolute atomic E-state index is 0.104. The lowest BCUT2D eigenvalue weighted by atomic mass is 10.2. The van der Waals surface area contributed by atoms with Crippen LogP contribution in [0.3, 0.4) is 0 Å². The van der Waals surface area contributed by atoms with Crippen molar-refractivity contribution in [2.24, 2.45) is 0 Å². The van der Waals surface area contributed by atoms with Crippen molar-refractivity contribution in [3.63, 3.8) is 0 Å². The van der Waals surface area contributed by atoms with Crippen LogP contribution in [0, 0.1) is 0 Å². The SMILES string of the molecule is COC(=O)c1nc(Cc2ccccc2Br)sc1C(C)=O. The van der Waals surface area contributed by atoms with Crippen molar-refractivity contribution in [1.29, 1.82) is 0 Å². The summed E-state index contributed by atoms with van der Waals surface area (Å²) in [5, 5.41) is 0.711. The summed E-state index contributed by atoms with van der Waals surface area (Å²) in [6.07, 6.45) is 0.559. The molecule has 2 aromatic rings. The fraction of sp³-hybridized carbons (Fsp3) is 0.214. The largest absolute Gasteiger partial charge is 0.464 e. The second kappa shape index (κ2) is 6.28. The first-order valence-electron chi connectivity index (χ1n) is 5.85. The number of rotatable bonds is 4. The number of carbonyl (C=O) groups is 2. The van der Waals surface area contributed by atoms with Crippen molar-refractivity contribution < 1.29 is 14.3 Å². The molecule has 104 valence electrons. The molecular formula is C14H12BrNO3S. The summed E-state index contributed by atoms with van der Waals surface area (Å²) in [4.78, 5) is 27.8.